The van der Waals surface area contributed by atoms with Gasteiger partial charge in [-0.15, -0.1) is 0 Å². The summed E-state index contributed by atoms with van der Waals surface area (Å²) in [5, 5.41) is 10.4. The first kappa shape index (κ1) is 12.4. The van der Waals surface area contributed by atoms with Crippen LogP contribution in [0.2, 0.25) is 0 Å². The molecule has 1 aromatic rings. The number of benzene rings is 1. The summed E-state index contributed by atoms with van der Waals surface area (Å²) in [4.78, 5) is 0. The molecule has 1 aliphatic carbocycles. The van der Waals surface area contributed by atoms with E-state index < -0.39 is 0 Å². The molecule has 3 heteroatoms. The van der Waals surface area contributed by atoms with E-state index in [1.807, 2.05) is 24.3 Å². The van der Waals surface area contributed by atoms with Gasteiger partial charge in [-0.05, 0) is 24.8 Å². The van der Waals surface area contributed by atoms with E-state index in [2.05, 4.69) is 0 Å². The van der Waals surface area contributed by atoms with Crippen LogP contribution in [0, 0.1) is 5.92 Å². The van der Waals surface area contributed by atoms with Crippen LogP contribution in [0.3, 0.4) is 0 Å². The van der Waals surface area contributed by atoms with Gasteiger partial charge in [-0.3, -0.25) is 0 Å². The molecule has 0 aliphatic heterocycles. The Labute approximate surface area is 103 Å². The van der Waals surface area contributed by atoms with Gasteiger partial charge in [0, 0.05) is 18.0 Å². The van der Waals surface area contributed by atoms with Gasteiger partial charge in [-0.1, -0.05) is 24.6 Å². The summed E-state index contributed by atoms with van der Waals surface area (Å²) >= 11 is 0. The van der Waals surface area contributed by atoms with Gasteiger partial charge in [0.05, 0.1) is 13.2 Å². The Bertz CT molecular complexity index is 363. The maximum absolute atomic E-state index is 10.4. The Morgan fingerprint density at radius 3 is 2.65 bits per heavy atom. The van der Waals surface area contributed by atoms with Gasteiger partial charge in [0.2, 0.25) is 0 Å². The van der Waals surface area contributed by atoms with Crippen molar-refractivity contribution in [2.45, 2.75) is 31.3 Å². The number of para-hydroxylation sites is 1. The van der Waals surface area contributed by atoms with Crippen LogP contribution in [0.4, 0.5) is 0 Å². The van der Waals surface area contributed by atoms with Crippen molar-refractivity contribution < 1.29 is 9.84 Å². The van der Waals surface area contributed by atoms with Crippen molar-refractivity contribution in [3.8, 4) is 5.75 Å². The molecule has 0 heterocycles. The minimum absolute atomic E-state index is 0.0172. The summed E-state index contributed by atoms with van der Waals surface area (Å²) in [5.41, 5.74) is 6.86. The van der Waals surface area contributed by atoms with Crippen LogP contribution >= 0.6 is 0 Å². The van der Waals surface area contributed by atoms with E-state index in [4.69, 9.17) is 10.5 Å². The zero-order valence-electron chi connectivity index (χ0n) is 10.3. The van der Waals surface area contributed by atoms with Crippen molar-refractivity contribution in [1.82, 2.24) is 0 Å². The third-order valence-electron chi connectivity index (χ3n) is 3.84. The molecule has 1 aromatic carbocycles. The number of ether oxygens (including phenoxy) is 1. The molecule has 0 radical (unpaired) electrons. The fourth-order valence-electron chi connectivity index (χ4n) is 2.53. The maximum Gasteiger partial charge on any atom is 0.122 e. The predicted molar refractivity (Wildman–Crippen MR) is 68.1 cm³/mol. The minimum atomic E-state index is -0.343. The zero-order valence-corrected chi connectivity index (χ0v) is 10.3. The van der Waals surface area contributed by atoms with E-state index in [-0.39, 0.29) is 12.0 Å². The molecule has 3 N–H and O–H groups in total. The van der Waals surface area contributed by atoms with Gasteiger partial charge < -0.3 is 15.6 Å². The van der Waals surface area contributed by atoms with Crippen molar-refractivity contribution >= 4 is 0 Å². The van der Waals surface area contributed by atoms with E-state index in [9.17, 15) is 5.11 Å². The average molecular weight is 235 g/mol. The largest absolute Gasteiger partial charge is 0.496 e. The van der Waals surface area contributed by atoms with E-state index >= 15 is 0 Å². The first-order chi connectivity index (χ1) is 8.27. The normalized spacial score (nSPS) is 19.5. The Morgan fingerprint density at radius 2 is 2.12 bits per heavy atom. The molecule has 17 heavy (non-hydrogen) atoms. The number of hydrogen-bond acceptors (Lipinski definition) is 3. The summed E-state index contributed by atoms with van der Waals surface area (Å²) in [5.74, 6) is 1.21. The molecule has 94 valence electrons. The Balaban J connectivity index is 2.21. The highest BCUT2D eigenvalue weighted by atomic mass is 16.5. The summed E-state index contributed by atoms with van der Waals surface area (Å²) in [6.45, 7) is 0.456. The standard InChI is InChI=1S/C14H21NO2/c1-17-13-8-3-2-7-11(13)12(9-15)14(16)10-5-4-6-10/h2-3,7-8,10,12,14,16H,4-6,9,15H2,1H3. The molecule has 0 bridgehead atoms. The second-order valence-corrected chi connectivity index (χ2v) is 4.77. The number of aliphatic hydroxyl groups excluding tert-OH is 1. The fraction of sp³-hybridized carbons (Fsp3) is 0.571. The molecular weight excluding hydrogens is 214 g/mol. The molecule has 0 spiro atoms. The van der Waals surface area contributed by atoms with Crippen LogP contribution in [0.15, 0.2) is 24.3 Å². The summed E-state index contributed by atoms with van der Waals surface area (Å²) in [6.07, 6.45) is 3.12. The molecule has 0 amide bonds. The molecule has 1 saturated carbocycles. The maximum atomic E-state index is 10.4. The first-order valence-electron chi connectivity index (χ1n) is 6.29. The Hall–Kier alpha value is -1.06. The number of nitrogens with two attached hydrogens (primary N) is 1. The van der Waals surface area contributed by atoms with Gasteiger partial charge in [-0.25, -0.2) is 0 Å². The lowest BCUT2D eigenvalue weighted by Crippen LogP contribution is -2.36. The van der Waals surface area contributed by atoms with Crippen molar-refractivity contribution in [3.63, 3.8) is 0 Å². The minimum Gasteiger partial charge on any atom is -0.496 e. The highest BCUT2D eigenvalue weighted by molar-refractivity contribution is 5.37. The highest BCUT2D eigenvalue weighted by Gasteiger charge is 2.33. The van der Waals surface area contributed by atoms with Crippen LogP contribution in [-0.2, 0) is 0 Å². The van der Waals surface area contributed by atoms with Crippen molar-refractivity contribution in [2.24, 2.45) is 11.7 Å². The third kappa shape index (κ3) is 2.45. The lowest BCUT2D eigenvalue weighted by Gasteiger charge is -2.35. The van der Waals surface area contributed by atoms with E-state index in [0.717, 1.165) is 24.2 Å². The van der Waals surface area contributed by atoms with Gasteiger partial charge in [0.1, 0.15) is 5.75 Å². The molecule has 0 aromatic heterocycles. The van der Waals surface area contributed by atoms with E-state index in [0.29, 0.717) is 12.5 Å². The topological polar surface area (TPSA) is 55.5 Å². The van der Waals surface area contributed by atoms with Gasteiger partial charge in [0.15, 0.2) is 0 Å². The fourth-order valence-corrected chi connectivity index (χ4v) is 2.53. The number of rotatable bonds is 5. The van der Waals surface area contributed by atoms with Crippen molar-refractivity contribution in [1.29, 1.82) is 0 Å². The highest BCUT2D eigenvalue weighted by Crippen LogP contribution is 2.38. The van der Waals surface area contributed by atoms with Gasteiger partial charge >= 0.3 is 0 Å². The lowest BCUT2D eigenvalue weighted by atomic mass is 9.74. The molecule has 2 atom stereocenters. The van der Waals surface area contributed by atoms with E-state index in [1.165, 1.54) is 6.42 Å². The van der Waals surface area contributed by atoms with Crippen LogP contribution in [0.25, 0.3) is 0 Å². The molecule has 1 aliphatic rings. The summed E-state index contributed by atoms with van der Waals surface area (Å²) in [6, 6.07) is 7.82. The molecular formula is C14H21NO2. The SMILES string of the molecule is COc1ccccc1C(CN)C(O)C1CCC1. The molecule has 2 unspecified atom stereocenters. The zero-order chi connectivity index (χ0) is 12.3. The summed E-state index contributed by atoms with van der Waals surface area (Å²) < 4.78 is 5.34. The Kier molecular flexibility index (Phi) is 4.02. The van der Waals surface area contributed by atoms with E-state index in [1.54, 1.807) is 7.11 Å². The molecule has 0 saturated heterocycles. The van der Waals surface area contributed by atoms with Crippen LogP contribution in [0.5, 0.6) is 5.75 Å². The van der Waals surface area contributed by atoms with Crippen LogP contribution in [0.1, 0.15) is 30.7 Å². The predicted octanol–water partition coefficient (Wildman–Crippen LogP) is 1.90. The van der Waals surface area contributed by atoms with Gasteiger partial charge in [0.25, 0.3) is 0 Å². The summed E-state index contributed by atoms with van der Waals surface area (Å²) in [7, 11) is 1.65. The molecule has 2 rings (SSSR count). The lowest BCUT2D eigenvalue weighted by molar-refractivity contribution is 0.0414. The second kappa shape index (κ2) is 5.52. The number of aliphatic hydroxyl groups is 1. The second-order valence-electron chi connectivity index (χ2n) is 4.77. The third-order valence-corrected chi connectivity index (χ3v) is 3.84. The van der Waals surface area contributed by atoms with Gasteiger partial charge in [-0.2, -0.15) is 0 Å². The first-order valence-corrected chi connectivity index (χ1v) is 6.29. The smallest absolute Gasteiger partial charge is 0.122 e. The monoisotopic (exact) mass is 235 g/mol. The number of hydrogen-bond donors (Lipinski definition) is 2. The quantitative estimate of drug-likeness (QED) is 0.819. The van der Waals surface area contributed by atoms with Crippen molar-refractivity contribution in [3.05, 3.63) is 29.8 Å². The van der Waals surface area contributed by atoms with Crippen LogP contribution in [-0.4, -0.2) is 24.9 Å². The van der Waals surface area contributed by atoms with Crippen LogP contribution < -0.4 is 10.5 Å². The Morgan fingerprint density at radius 1 is 1.41 bits per heavy atom. The average Bonchev–Trinajstić information content (AvgIpc) is 2.28. The number of methoxy groups -OCH3 is 1. The molecule has 1 fully saturated rings. The van der Waals surface area contributed by atoms with Crippen molar-refractivity contribution in [2.75, 3.05) is 13.7 Å². The molecule has 3 nitrogen and oxygen atoms in total.